The Balaban J connectivity index is 1.54. The number of aromatic nitrogens is 2. The number of amides is 1. The number of carbonyl (C=O) groups is 1. The first kappa shape index (κ1) is 18.7. The van der Waals surface area contributed by atoms with Gasteiger partial charge in [-0.2, -0.15) is 0 Å². The SMILES string of the molecule is CC1CC(C)CN(c2cc(NC(=O)C3CC3)ccc2-c2ncc3n2CCNC3)C1. The molecule has 1 saturated carbocycles. The fourth-order valence-electron chi connectivity index (χ4n) is 4.93. The van der Waals surface area contributed by atoms with Gasteiger partial charge in [-0.3, -0.25) is 4.79 Å². The molecule has 1 aliphatic carbocycles. The van der Waals surface area contributed by atoms with Gasteiger partial charge in [0.1, 0.15) is 5.82 Å². The molecule has 1 amide bonds. The van der Waals surface area contributed by atoms with Crippen LogP contribution in [0.1, 0.15) is 38.8 Å². The third kappa shape index (κ3) is 3.78. The van der Waals surface area contributed by atoms with Crippen molar-refractivity contribution >= 4 is 17.3 Å². The number of carbonyl (C=O) groups excluding carboxylic acids is 1. The van der Waals surface area contributed by atoms with Gasteiger partial charge in [0, 0.05) is 55.6 Å². The minimum Gasteiger partial charge on any atom is -0.370 e. The van der Waals surface area contributed by atoms with Crippen molar-refractivity contribution in [1.82, 2.24) is 14.9 Å². The van der Waals surface area contributed by atoms with E-state index < -0.39 is 0 Å². The van der Waals surface area contributed by atoms with Crippen molar-refractivity contribution in [2.24, 2.45) is 17.8 Å². The quantitative estimate of drug-likeness (QED) is 0.835. The topological polar surface area (TPSA) is 62.2 Å². The number of imidazole rings is 1. The van der Waals surface area contributed by atoms with Gasteiger partial charge in [0.15, 0.2) is 0 Å². The van der Waals surface area contributed by atoms with Gasteiger partial charge in [0.2, 0.25) is 5.91 Å². The molecule has 5 rings (SSSR count). The summed E-state index contributed by atoms with van der Waals surface area (Å²) in [6.45, 7) is 9.55. The van der Waals surface area contributed by atoms with E-state index >= 15 is 0 Å². The number of nitrogens with one attached hydrogen (secondary N) is 2. The van der Waals surface area contributed by atoms with Gasteiger partial charge < -0.3 is 20.1 Å². The number of hydrogen-bond acceptors (Lipinski definition) is 4. The Morgan fingerprint density at radius 3 is 2.76 bits per heavy atom. The van der Waals surface area contributed by atoms with Gasteiger partial charge in [0.25, 0.3) is 0 Å². The molecule has 3 heterocycles. The second kappa shape index (κ2) is 7.48. The number of benzene rings is 1. The Bertz CT molecular complexity index is 906. The summed E-state index contributed by atoms with van der Waals surface area (Å²) in [6, 6.07) is 6.36. The summed E-state index contributed by atoms with van der Waals surface area (Å²) in [5.41, 5.74) is 4.51. The van der Waals surface area contributed by atoms with Crippen molar-refractivity contribution in [1.29, 1.82) is 0 Å². The van der Waals surface area contributed by atoms with Crippen molar-refractivity contribution in [3.63, 3.8) is 0 Å². The van der Waals surface area contributed by atoms with Crippen molar-refractivity contribution < 1.29 is 4.79 Å². The Labute approximate surface area is 172 Å². The largest absolute Gasteiger partial charge is 0.370 e. The molecule has 0 spiro atoms. The second-order valence-electron chi connectivity index (χ2n) is 9.25. The monoisotopic (exact) mass is 393 g/mol. The van der Waals surface area contributed by atoms with Crippen LogP contribution >= 0.6 is 0 Å². The van der Waals surface area contributed by atoms with Crippen LogP contribution in [0.4, 0.5) is 11.4 Å². The summed E-state index contributed by atoms with van der Waals surface area (Å²) in [5, 5.41) is 6.56. The van der Waals surface area contributed by atoms with Gasteiger partial charge in [-0.15, -0.1) is 0 Å². The van der Waals surface area contributed by atoms with Crippen molar-refractivity contribution in [2.45, 2.75) is 46.2 Å². The first-order valence-corrected chi connectivity index (χ1v) is 11.0. The number of piperidine rings is 1. The molecule has 1 aromatic heterocycles. The fourth-order valence-corrected chi connectivity index (χ4v) is 4.93. The first-order valence-electron chi connectivity index (χ1n) is 11.0. The van der Waals surface area contributed by atoms with Gasteiger partial charge in [0.05, 0.1) is 11.9 Å². The molecule has 2 N–H and O–H groups in total. The van der Waals surface area contributed by atoms with Crippen molar-refractivity contribution in [3.8, 4) is 11.4 Å². The molecule has 0 radical (unpaired) electrons. The van der Waals surface area contributed by atoms with Crippen LogP contribution in [-0.2, 0) is 17.9 Å². The average molecular weight is 394 g/mol. The molecule has 0 bridgehead atoms. The lowest BCUT2D eigenvalue weighted by atomic mass is 9.91. The molecule has 6 nitrogen and oxygen atoms in total. The Kier molecular flexibility index (Phi) is 4.82. The summed E-state index contributed by atoms with van der Waals surface area (Å²) >= 11 is 0. The van der Waals surface area contributed by atoms with Gasteiger partial charge in [-0.1, -0.05) is 13.8 Å². The zero-order valence-corrected chi connectivity index (χ0v) is 17.4. The highest BCUT2D eigenvalue weighted by Gasteiger charge is 2.30. The molecule has 6 heteroatoms. The summed E-state index contributed by atoms with van der Waals surface area (Å²) in [7, 11) is 0. The van der Waals surface area contributed by atoms with E-state index in [2.05, 4.69) is 46.1 Å². The van der Waals surface area contributed by atoms with Crippen LogP contribution in [0.15, 0.2) is 24.4 Å². The Morgan fingerprint density at radius 1 is 1.21 bits per heavy atom. The fraction of sp³-hybridized carbons (Fsp3) is 0.565. The molecule has 2 fully saturated rings. The number of rotatable bonds is 4. The van der Waals surface area contributed by atoms with E-state index in [1.807, 2.05) is 12.3 Å². The highest BCUT2D eigenvalue weighted by Crippen LogP contribution is 2.37. The molecular weight excluding hydrogens is 362 g/mol. The third-order valence-corrected chi connectivity index (χ3v) is 6.42. The minimum atomic E-state index is 0.161. The first-order chi connectivity index (χ1) is 14.1. The van der Waals surface area contributed by atoms with E-state index in [0.29, 0.717) is 11.8 Å². The minimum absolute atomic E-state index is 0.161. The molecule has 1 aromatic carbocycles. The highest BCUT2D eigenvalue weighted by atomic mass is 16.2. The van der Waals surface area contributed by atoms with Crippen molar-refractivity contribution in [3.05, 3.63) is 30.1 Å². The third-order valence-electron chi connectivity index (χ3n) is 6.42. The Hall–Kier alpha value is -2.34. The lowest BCUT2D eigenvalue weighted by Crippen LogP contribution is -2.39. The number of hydrogen-bond donors (Lipinski definition) is 2. The number of fused-ring (bicyclic) bond motifs is 1. The second-order valence-corrected chi connectivity index (χ2v) is 9.25. The van der Waals surface area contributed by atoms with E-state index in [1.165, 1.54) is 23.4 Å². The zero-order valence-electron chi connectivity index (χ0n) is 17.4. The lowest BCUT2D eigenvalue weighted by molar-refractivity contribution is -0.117. The maximum absolute atomic E-state index is 12.3. The van der Waals surface area contributed by atoms with Crippen LogP contribution in [0.5, 0.6) is 0 Å². The molecule has 154 valence electrons. The van der Waals surface area contributed by atoms with Crippen LogP contribution in [0.3, 0.4) is 0 Å². The molecule has 2 unspecified atom stereocenters. The molecule has 2 aliphatic heterocycles. The lowest BCUT2D eigenvalue weighted by Gasteiger charge is -2.38. The number of anilines is 2. The Morgan fingerprint density at radius 2 is 2.00 bits per heavy atom. The predicted molar refractivity (Wildman–Crippen MR) is 116 cm³/mol. The molecule has 1 saturated heterocycles. The normalized spacial score (nSPS) is 24.3. The maximum atomic E-state index is 12.3. The van der Waals surface area contributed by atoms with Crippen LogP contribution in [0.25, 0.3) is 11.4 Å². The average Bonchev–Trinajstić information content (AvgIpc) is 3.47. The standard InChI is InChI=1S/C23H31N5O/c1-15-9-16(2)14-27(13-15)21-10-18(26-23(29)17-3-4-17)5-6-20(21)22-25-12-19-11-24-7-8-28(19)22/h5-6,10,12,15-17,24H,3-4,7-9,11,13-14H2,1-2H3,(H,26,29). The van der Waals surface area contributed by atoms with Gasteiger partial charge in [-0.05, 0) is 49.3 Å². The summed E-state index contributed by atoms with van der Waals surface area (Å²) < 4.78 is 2.34. The van der Waals surface area contributed by atoms with Crippen LogP contribution < -0.4 is 15.5 Å². The van der Waals surface area contributed by atoms with Crippen LogP contribution in [-0.4, -0.2) is 35.1 Å². The predicted octanol–water partition coefficient (Wildman–Crippen LogP) is 3.48. The van der Waals surface area contributed by atoms with E-state index in [-0.39, 0.29) is 11.8 Å². The molecule has 2 aromatic rings. The summed E-state index contributed by atoms with van der Waals surface area (Å²) in [6.07, 6.45) is 5.31. The highest BCUT2D eigenvalue weighted by molar-refractivity contribution is 5.95. The molecular formula is C23H31N5O. The van der Waals surface area contributed by atoms with E-state index in [4.69, 9.17) is 4.98 Å². The molecule has 2 atom stereocenters. The smallest absolute Gasteiger partial charge is 0.227 e. The van der Waals surface area contributed by atoms with Crippen LogP contribution in [0, 0.1) is 17.8 Å². The van der Waals surface area contributed by atoms with E-state index in [1.54, 1.807) is 0 Å². The van der Waals surface area contributed by atoms with E-state index in [0.717, 1.165) is 57.1 Å². The zero-order chi connectivity index (χ0) is 20.0. The molecule has 29 heavy (non-hydrogen) atoms. The summed E-state index contributed by atoms with van der Waals surface area (Å²) in [4.78, 5) is 19.6. The number of nitrogens with zero attached hydrogens (tertiary/aromatic N) is 3. The maximum Gasteiger partial charge on any atom is 0.227 e. The van der Waals surface area contributed by atoms with Gasteiger partial charge >= 0.3 is 0 Å². The summed E-state index contributed by atoms with van der Waals surface area (Å²) in [5.74, 6) is 2.74. The van der Waals surface area contributed by atoms with Gasteiger partial charge in [-0.25, -0.2) is 4.98 Å². The molecule has 3 aliphatic rings. The van der Waals surface area contributed by atoms with E-state index in [9.17, 15) is 4.79 Å². The van der Waals surface area contributed by atoms with Crippen molar-refractivity contribution in [2.75, 3.05) is 29.9 Å². The van der Waals surface area contributed by atoms with Crippen LogP contribution in [0.2, 0.25) is 0 Å².